The summed E-state index contributed by atoms with van der Waals surface area (Å²) in [4.78, 5) is 34.9. The van der Waals surface area contributed by atoms with Gasteiger partial charge in [0, 0.05) is 19.7 Å². The van der Waals surface area contributed by atoms with Gasteiger partial charge >= 0.3 is 5.97 Å². The van der Waals surface area contributed by atoms with Crippen LogP contribution in [0.25, 0.3) is 0 Å². The lowest BCUT2D eigenvalue weighted by atomic mass is 10.1. The molecule has 2 aromatic carbocycles. The maximum absolute atomic E-state index is 12.2. The fourth-order valence-corrected chi connectivity index (χ4v) is 2.38. The molecule has 0 aliphatic carbocycles. The highest BCUT2D eigenvalue weighted by Gasteiger charge is 2.22. The van der Waals surface area contributed by atoms with Gasteiger partial charge in [0.15, 0.2) is 6.10 Å². The number of methoxy groups -OCH3 is 1. The normalized spacial score (nSPS) is 11.2. The zero-order valence-electron chi connectivity index (χ0n) is 15.7. The molecule has 148 valence electrons. The number of nitrogens with one attached hydrogen (secondary N) is 2. The summed E-state index contributed by atoms with van der Waals surface area (Å²) in [5.74, 6) is -0.598. The van der Waals surface area contributed by atoms with Crippen molar-refractivity contribution in [2.24, 2.45) is 0 Å². The molecule has 9 heteroatoms. The van der Waals surface area contributed by atoms with Gasteiger partial charge in [-0.3, -0.25) is 14.9 Å². The van der Waals surface area contributed by atoms with Crippen molar-refractivity contribution in [3.8, 4) is 5.75 Å². The predicted octanol–water partition coefficient (Wildman–Crippen LogP) is 2.51. The molecule has 0 aliphatic rings. The highest BCUT2D eigenvalue weighted by Crippen LogP contribution is 2.25. The van der Waals surface area contributed by atoms with Crippen LogP contribution in [0.2, 0.25) is 0 Å². The number of anilines is 1. The number of hydrogen-bond acceptors (Lipinski definition) is 7. The Hall–Kier alpha value is -3.62. The Morgan fingerprint density at radius 2 is 1.86 bits per heavy atom. The second-order valence-electron chi connectivity index (χ2n) is 5.85. The minimum atomic E-state index is -1.06. The molecule has 2 rings (SSSR count). The minimum absolute atomic E-state index is 0.0134. The van der Waals surface area contributed by atoms with Crippen LogP contribution in [-0.4, -0.2) is 37.1 Å². The summed E-state index contributed by atoms with van der Waals surface area (Å²) in [6.45, 7) is 1.69. The van der Waals surface area contributed by atoms with Crippen LogP contribution in [0.15, 0.2) is 42.5 Å². The van der Waals surface area contributed by atoms with Gasteiger partial charge in [-0.25, -0.2) is 4.79 Å². The van der Waals surface area contributed by atoms with Crippen molar-refractivity contribution in [3.05, 3.63) is 63.7 Å². The van der Waals surface area contributed by atoms with E-state index in [1.165, 1.54) is 26.1 Å². The lowest BCUT2D eigenvalue weighted by molar-refractivity contribution is -0.384. The molecule has 2 aromatic rings. The topological polar surface area (TPSA) is 120 Å². The van der Waals surface area contributed by atoms with E-state index in [-0.39, 0.29) is 23.5 Å². The Kier molecular flexibility index (Phi) is 6.91. The number of nitro groups is 1. The van der Waals surface area contributed by atoms with Crippen LogP contribution in [-0.2, 0) is 16.1 Å². The van der Waals surface area contributed by atoms with Gasteiger partial charge in [0.2, 0.25) is 0 Å². The molecule has 0 aromatic heterocycles. The molecule has 0 saturated carbocycles. The molecule has 0 heterocycles. The number of carbonyl (C=O) groups excluding carboxylic acids is 2. The summed E-state index contributed by atoms with van der Waals surface area (Å²) in [5.41, 5.74) is 0.854. The van der Waals surface area contributed by atoms with Crippen LogP contribution in [0.3, 0.4) is 0 Å². The lowest BCUT2D eigenvalue weighted by Gasteiger charge is -2.14. The van der Waals surface area contributed by atoms with E-state index in [1.54, 1.807) is 31.4 Å². The summed E-state index contributed by atoms with van der Waals surface area (Å²) in [5, 5.41) is 16.4. The molecule has 0 bridgehead atoms. The second-order valence-corrected chi connectivity index (χ2v) is 5.85. The molecule has 1 amide bonds. The van der Waals surface area contributed by atoms with Crippen LogP contribution < -0.4 is 15.4 Å². The van der Waals surface area contributed by atoms with Gasteiger partial charge in [0.1, 0.15) is 11.4 Å². The first-order valence-electron chi connectivity index (χ1n) is 8.43. The molecular weight excluding hydrogens is 366 g/mol. The van der Waals surface area contributed by atoms with Gasteiger partial charge in [-0.05, 0) is 36.8 Å². The summed E-state index contributed by atoms with van der Waals surface area (Å²) in [7, 11) is 3.10. The maximum Gasteiger partial charge on any atom is 0.339 e. The van der Waals surface area contributed by atoms with Gasteiger partial charge in [-0.1, -0.05) is 12.1 Å². The molecule has 0 saturated heterocycles. The van der Waals surface area contributed by atoms with E-state index in [4.69, 9.17) is 9.47 Å². The first-order chi connectivity index (χ1) is 13.3. The third kappa shape index (κ3) is 5.19. The first kappa shape index (κ1) is 20.7. The average molecular weight is 387 g/mol. The smallest absolute Gasteiger partial charge is 0.339 e. The minimum Gasteiger partial charge on any atom is -0.497 e. The van der Waals surface area contributed by atoms with Crippen LogP contribution in [0, 0.1) is 10.1 Å². The average Bonchev–Trinajstić information content (AvgIpc) is 2.71. The monoisotopic (exact) mass is 387 g/mol. The van der Waals surface area contributed by atoms with Gasteiger partial charge in [-0.15, -0.1) is 0 Å². The van der Waals surface area contributed by atoms with Gasteiger partial charge < -0.3 is 20.1 Å². The molecule has 28 heavy (non-hydrogen) atoms. The van der Waals surface area contributed by atoms with Crippen molar-refractivity contribution < 1.29 is 24.0 Å². The molecular formula is C19H21N3O6. The fraction of sp³-hybridized carbons (Fsp3) is 0.263. The highest BCUT2D eigenvalue weighted by atomic mass is 16.6. The zero-order chi connectivity index (χ0) is 20.7. The van der Waals surface area contributed by atoms with Crippen LogP contribution >= 0.6 is 0 Å². The van der Waals surface area contributed by atoms with E-state index in [0.29, 0.717) is 5.75 Å². The van der Waals surface area contributed by atoms with E-state index in [0.717, 1.165) is 11.6 Å². The molecule has 0 spiro atoms. The zero-order valence-corrected chi connectivity index (χ0v) is 15.7. The number of rotatable bonds is 8. The lowest BCUT2D eigenvalue weighted by Crippen LogP contribution is -2.35. The van der Waals surface area contributed by atoms with E-state index >= 15 is 0 Å². The van der Waals surface area contributed by atoms with Crippen molar-refractivity contribution >= 4 is 23.3 Å². The number of benzene rings is 2. The number of esters is 1. The van der Waals surface area contributed by atoms with E-state index < -0.39 is 22.9 Å². The summed E-state index contributed by atoms with van der Waals surface area (Å²) in [6, 6.07) is 11.1. The SMILES string of the molecule is CNc1ccc(C(=O)O[C@H](C)C(=O)NCc2ccc(OC)cc2)cc1[N+](=O)[O-]. The van der Waals surface area contributed by atoms with Crippen molar-refractivity contribution in [3.63, 3.8) is 0 Å². The number of hydrogen-bond donors (Lipinski definition) is 2. The van der Waals surface area contributed by atoms with E-state index in [2.05, 4.69) is 10.6 Å². The Morgan fingerprint density at radius 3 is 2.43 bits per heavy atom. The molecule has 0 radical (unpaired) electrons. The number of nitrogens with zero attached hydrogens (tertiary/aromatic N) is 1. The Morgan fingerprint density at radius 1 is 1.18 bits per heavy atom. The number of ether oxygens (including phenoxy) is 2. The van der Waals surface area contributed by atoms with E-state index in [1.807, 2.05) is 0 Å². The molecule has 0 aliphatic heterocycles. The molecule has 2 N–H and O–H groups in total. The van der Waals surface area contributed by atoms with Gasteiger partial charge in [-0.2, -0.15) is 0 Å². The third-order valence-electron chi connectivity index (χ3n) is 3.98. The van der Waals surface area contributed by atoms with Gasteiger partial charge in [0.25, 0.3) is 11.6 Å². The Balaban J connectivity index is 1.96. The largest absolute Gasteiger partial charge is 0.497 e. The number of carbonyl (C=O) groups is 2. The van der Waals surface area contributed by atoms with Crippen molar-refractivity contribution in [2.45, 2.75) is 19.6 Å². The number of amides is 1. The predicted molar refractivity (Wildman–Crippen MR) is 102 cm³/mol. The summed E-state index contributed by atoms with van der Waals surface area (Å²) >= 11 is 0. The fourth-order valence-electron chi connectivity index (χ4n) is 2.38. The Bertz CT molecular complexity index is 866. The highest BCUT2D eigenvalue weighted by molar-refractivity contribution is 5.93. The van der Waals surface area contributed by atoms with Crippen molar-refractivity contribution in [2.75, 3.05) is 19.5 Å². The third-order valence-corrected chi connectivity index (χ3v) is 3.98. The quantitative estimate of drug-likeness (QED) is 0.406. The molecule has 1 atom stereocenters. The van der Waals surface area contributed by atoms with Crippen molar-refractivity contribution in [1.82, 2.24) is 5.32 Å². The summed E-state index contributed by atoms with van der Waals surface area (Å²) < 4.78 is 10.2. The van der Waals surface area contributed by atoms with E-state index in [9.17, 15) is 19.7 Å². The summed E-state index contributed by atoms with van der Waals surface area (Å²) in [6.07, 6.45) is -1.06. The van der Waals surface area contributed by atoms with Gasteiger partial charge in [0.05, 0.1) is 17.6 Å². The van der Waals surface area contributed by atoms with Crippen LogP contribution in [0.4, 0.5) is 11.4 Å². The molecule has 0 fully saturated rings. The van der Waals surface area contributed by atoms with Crippen molar-refractivity contribution in [1.29, 1.82) is 0 Å². The van der Waals surface area contributed by atoms with Crippen LogP contribution in [0.1, 0.15) is 22.8 Å². The second kappa shape index (κ2) is 9.36. The van der Waals surface area contributed by atoms with Crippen LogP contribution in [0.5, 0.6) is 5.75 Å². The molecule has 0 unspecified atom stereocenters. The Labute approximate surface area is 161 Å². The first-order valence-corrected chi connectivity index (χ1v) is 8.43. The number of nitro benzene ring substituents is 1. The standard InChI is InChI=1S/C19H21N3O6/c1-12(18(23)21-11-13-4-7-15(27-3)8-5-13)28-19(24)14-6-9-16(20-2)17(10-14)22(25)26/h4-10,12,20H,11H2,1-3H3,(H,21,23)/t12-/m1/s1. The maximum atomic E-state index is 12.2. The molecule has 9 nitrogen and oxygen atoms in total.